The Morgan fingerprint density at radius 3 is 2.35 bits per heavy atom. The van der Waals surface area contributed by atoms with Gasteiger partial charge in [-0.15, -0.1) is 0 Å². The monoisotopic (exact) mass is 322 g/mol. The van der Waals surface area contributed by atoms with Gasteiger partial charge < -0.3 is 4.74 Å². The first-order valence-electron chi connectivity index (χ1n) is 7.32. The second-order valence-electron chi connectivity index (χ2n) is 5.24. The Morgan fingerprint density at radius 1 is 1.13 bits per heavy atom. The van der Waals surface area contributed by atoms with E-state index in [0.29, 0.717) is 0 Å². The quantitative estimate of drug-likeness (QED) is 0.555. The molecule has 0 amide bonds. The number of rotatable bonds is 5. The van der Waals surface area contributed by atoms with E-state index in [9.17, 15) is 18.0 Å². The standard InChI is InChI=1S/C18H17F3O2/c1-3-4-12-6-8-13(9-7-12)23-18(22)14-10-5-11(2)15(16(14)19)17(20)21/h5-10,17H,3-4H2,1-2H3. The molecule has 0 saturated heterocycles. The van der Waals surface area contributed by atoms with Gasteiger partial charge in [0.2, 0.25) is 0 Å². The molecule has 0 aromatic heterocycles. The van der Waals surface area contributed by atoms with Crippen molar-refractivity contribution in [1.82, 2.24) is 0 Å². The van der Waals surface area contributed by atoms with Gasteiger partial charge in [-0.1, -0.05) is 31.5 Å². The fraction of sp³-hybridized carbons (Fsp3) is 0.278. The third kappa shape index (κ3) is 3.92. The molecule has 2 nitrogen and oxygen atoms in total. The van der Waals surface area contributed by atoms with Crippen LogP contribution in [-0.4, -0.2) is 5.97 Å². The molecule has 2 aromatic rings. The van der Waals surface area contributed by atoms with Crippen LogP contribution >= 0.6 is 0 Å². The Labute approximate surface area is 132 Å². The number of halogens is 3. The minimum Gasteiger partial charge on any atom is -0.423 e. The van der Waals surface area contributed by atoms with Crippen molar-refractivity contribution in [2.24, 2.45) is 0 Å². The van der Waals surface area contributed by atoms with Gasteiger partial charge in [0, 0.05) is 0 Å². The summed E-state index contributed by atoms with van der Waals surface area (Å²) in [6.07, 6.45) is -1.10. The van der Waals surface area contributed by atoms with Crippen molar-refractivity contribution in [1.29, 1.82) is 0 Å². The number of hydrogen-bond acceptors (Lipinski definition) is 2. The summed E-state index contributed by atoms with van der Waals surface area (Å²) < 4.78 is 45.0. The van der Waals surface area contributed by atoms with Crippen LogP contribution in [0.2, 0.25) is 0 Å². The molecule has 23 heavy (non-hydrogen) atoms. The number of benzene rings is 2. The molecule has 122 valence electrons. The highest BCUT2D eigenvalue weighted by atomic mass is 19.3. The second kappa shape index (κ2) is 7.31. The first-order chi connectivity index (χ1) is 10.9. The molecule has 0 aliphatic heterocycles. The van der Waals surface area contributed by atoms with Crippen molar-refractivity contribution >= 4 is 5.97 Å². The summed E-state index contributed by atoms with van der Waals surface area (Å²) in [6, 6.07) is 9.26. The van der Waals surface area contributed by atoms with Crippen LogP contribution in [0.5, 0.6) is 5.75 Å². The lowest BCUT2D eigenvalue weighted by Gasteiger charge is -2.11. The molecule has 0 unspecified atom stereocenters. The van der Waals surface area contributed by atoms with Crippen LogP contribution in [0.1, 0.15) is 46.8 Å². The molecular weight excluding hydrogens is 305 g/mol. The second-order valence-corrected chi connectivity index (χ2v) is 5.24. The molecule has 0 aliphatic rings. The zero-order valence-corrected chi connectivity index (χ0v) is 12.9. The number of esters is 1. The number of carbonyl (C=O) groups excluding carboxylic acids is 1. The number of ether oxygens (including phenoxy) is 1. The van der Waals surface area contributed by atoms with E-state index in [1.165, 1.54) is 13.0 Å². The largest absolute Gasteiger partial charge is 0.423 e. The zero-order chi connectivity index (χ0) is 17.0. The maximum absolute atomic E-state index is 14.1. The third-order valence-corrected chi connectivity index (χ3v) is 3.51. The summed E-state index contributed by atoms with van der Waals surface area (Å²) in [6.45, 7) is 3.42. The minimum atomic E-state index is -2.99. The Kier molecular flexibility index (Phi) is 5.42. The Bertz CT molecular complexity index is 694. The predicted molar refractivity (Wildman–Crippen MR) is 81.5 cm³/mol. The summed E-state index contributed by atoms with van der Waals surface area (Å²) in [4.78, 5) is 12.0. The summed E-state index contributed by atoms with van der Waals surface area (Å²) >= 11 is 0. The smallest absolute Gasteiger partial charge is 0.346 e. The average Bonchev–Trinajstić information content (AvgIpc) is 2.49. The zero-order valence-electron chi connectivity index (χ0n) is 12.9. The number of hydrogen-bond donors (Lipinski definition) is 0. The lowest BCUT2D eigenvalue weighted by molar-refractivity contribution is 0.0728. The molecule has 5 heteroatoms. The number of alkyl halides is 2. The Balaban J connectivity index is 2.22. The number of aryl methyl sites for hydroxylation is 2. The van der Waals surface area contributed by atoms with E-state index in [1.807, 2.05) is 12.1 Å². The van der Waals surface area contributed by atoms with Crippen molar-refractivity contribution in [3.8, 4) is 5.75 Å². The van der Waals surface area contributed by atoms with Gasteiger partial charge in [-0.3, -0.25) is 0 Å². The Hall–Kier alpha value is -2.30. The van der Waals surface area contributed by atoms with Crippen molar-refractivity contribution in [3.05, 3.63) is 64.5 Å². The average molecular weight is 322 g/mol. The van der Waals surface area contributed by atoms with Gasteiger partial charge >= 0.3 is 5.97 Å². The molecule has 0 heterocycles. The molecule has 0 N–H and O–H groups in total. The van der Waals surface area contributed by atoms with E-state index in [1.54, 1.807) is 12.1 Å². The van der Waals surface area contributed by atoms with Crippen LogP contribution < -0.4 is 4.74 Å². The maximum Gasteiger partial charge on any atom is 0.346 e. The topological polar surface area (TPSA) is 26.3 Å². The van der Waals surface area contributed by atoms with Crippen molar-refractivity contribution in [2.45, 2.75) is 33.1 Å². The predicted octanol–water partition coefficient (Wildman–Crippen LogP) is 5.24. The van der Waals surface area contributed by atoms with E-state index >= 15 is 0 Å². The molecule has 0 saturated carbocycles. The SMILES string of the molecule is CCCc1ccc(OC(=O)c2ccc(C)c(C(F)F)c2F)cc1. The van der Waals surface area contributed by atoms with E-state index in [2.05, 4.69) is 6.92 Å². The van der Waals surface area contributed by atoms with Gasteiger partial charge in [-0.05, 0) is 42.7 Å². The molecule has 0 bridgehead atoms. The fourth-order valence-electron chi connectivity index (χ4n) is 2.29. The van der Waals surface area contributed by atoms with E-state index in [4.69, 9.17) is 4.74 Å². The van der Waals surface area contributed by atoms with E-state index in [-0.39, 0.29) is 11.3 Å². The summed E-state index contributed by atoms with van der Waals surface area (Å²) in [5.41, 5.74) is -0.0759. The third-order valence-electron chi connectivity index (χ3n) is 3.51. The van der Waals surface area contributed by atoms with Crippen molar-refractivity contribution in [2.75, 3.05) is 0 Å². The molecule has 0 atom stereocenters. The van der Waals surface area contributed by atoms with Crippen LogP contribution in [0.15, 0.2) is 36.4 Å². The molecule has 0 spiro atoms. The minimum absolute atomic E-state index is 0.0953. The van der Waals surface area contributed by atoms with Gasteiger partial charge in [0.05, 0.1) is 11.1 Å². The van der Waals surface area contributed by atoms with Crippen molar-refractivity contribution < 1.29 is 22.7 Å². The van der Waals surface area contributed by atoms with Gasteiger partial charge in [0.1, 0.15) is 11.6 Å². The molecule has 0 aliphatic carbocycles. The Morgan fingerprint density at radius 2 is 1.78 bits per heavy atom. The van der Waals surface area contributed by atoms with Crippen molar-refractivity contribution in [3.63, 3.8) is 0 Å². The highest BCUT2D eigenvalue weighted by Gasteiger charge is 2.23. The van der Waals surface area contributed by atoms with Crippen LogP contribution in [0.25, 0.3) is 0 Å². The number of carbonyl (C=O) groups is 1. The van der Waals surface area contributed by atoms with E-state index in [0.717, 1.165) is 24.5 Å². The summed E-state index contributed by atoms with van der Waals surface area (Å²) in [7, 11) is 0. The van der Waals surface area contributed by atoms with Gasteiger partial charge in [-0.2, -0.15) is 0 Å². The highest BCUT2D eigenvalue weighted by molar-refractivity contribution is 5.91. The molecule has 2 rings (SSSR count). The summed E-state index contributed by atoms with van der Waals surface area (Å²) in [5.74, 6) is -1.98. The molecule has 2 aromatic carbocycles. The van der Waals surface area contributed by atoms with Crippen LogP contribution in [0.3, 0.4) is 0 Å². The first kappa shape index (κ1) is 17.1. The lowest BCUT2D eigenvalue weighted by atomic mass is 10.0. The normalized spacial score (nSPS) is 10.9. The lowest BCUT2D eigenvalue weighted by Crippen LogP contribution is -2.13. The highest BCUT2D eigenvalue weighted by Crippen LogP contribution is 2.28. The molecule has 0 fully saturated rings. The molecular formula is C18H17F3O2. The van der Waals surface area contributed by atoms with Gasteiger partial charge in [0.25, 0.3) is 6.43 Å². The van der Waals surface area contributed by atoms with E-state index < -0.39 is 29.3 Å². The summed E-state index contributed by atoms with van der Waals surface area (Å²) in [5, 5.41) is 0. The van der Waals surface area contributed by atoms with Gasteiger partial charge in [-0.25, -0.2) is 18.0 Å². The first-order valence-corrected chi connectivity index (χ1v) is 7.32. The van der Waals surface area contributed by atoms with Crippen LogP contribution in [-0.2, 0) is 6.42 Å². The maximum atomic E-state index is 14.1. The fourth-order valence-corrected chi connectivity index (χ4v) is 2.29. The van der Waals surface area contributed by atoms with Crippen LogP contribution in [0.4, 0.5) is 13.2 Å². The van der Waals surface area contributed by atoms with Crippen LogP contribution in [0, 0.1) is 12.7 Å². The van der Waals surface area contributed by atoms with Gasteiger partial charge in [0.15, 0.2) is 0 Å². The molecule has 0 radical (unpaired) electrons.